The van der Waals surface area contributed by atoms with Crippen LogP contribution < -0.4 is 4.90 Å². The first-order valence-electron chi connectivity index (χ1n) is 6.19. The molecular formula is C13H22ClN3. The van der Waals surface area contributed by atoms with E-state index in [9.17, 15) is 0 Å². The highest BCUT2D eigenvalue weighted by Crippen LogP contribution is 2.23. The molecule has 1 heterocycles. The molecule has 4 heteroatoms. The minimum atomic E-state index is 0.333. The summed E-state index contributed by atoms with van der Waals surface area (Å²) in [6.45, 7) is 11.6. The van der Waals surface area contributed by atoms with Crippen molar-refractivity contribution in [2.75, 3.05) is 11.4 Å². The van der Waals surface area contributed by atoms with E-state index in [1.54, 1.807) is 0 Å². The highest BCUT2D eigenvalue weighted by Gasteiger charge is 2.15. The minimum Gasteiger partial charge on any atom is -0.367 e. The van der Waals surface area contributed by atoms with E-state index in [0.29, 0.717) is 17.8 Å². The first-order valence-corrected chi connectivity index (χ1v) is 6.73. The van der Waals surface area contributed by atoms with Crippen LogP contribution in [0.5, 0.6) is 0 Å². The number of hydrogen-bond donors (Lipinski definition) is 0. The Bertz CT molecular complexity index is 364. The number of halogens is 1. The van der Waals surface area contributed by atoms with Gasteiger partial charge < -0.3 is 4.90 Å². The largest absolute Gasteiger partial charge is 0.367 e. The molecule has 0 saturated carbocycles. The molecule has 0 fully saturated rings. The van der Waals surface area contributed by atoms with Crippen LogP contribution in [0.25, 0.3) is 0 Å². The third-order valence-electron chi connectivity index (χ3n) is 2.78. The molecule has 96 valence electrons. The van der Waals surface area contributed by atoms with Crippen molar-refractivity contribution in [3.05, 3.63) is 17.7 Å². The topological polar surface area (TPSA) is 29.0 Å². The summed E-state index contributed by atoms with van der Waals surface area (Å²) in [5.41, 5.74) is 1.99. The lowest BCUT2D eigenvalue weighted by Crippen LogP contribution is -2.31. The Labute approximate surface area is 109 Å². The molecule has 0 spiro atoms. The van der Waals surface area contributed by atoms with Crippen LogP contribution in [0.4, 0.5) is 5.69 Å². The number of anilines is 1. The van der Waals surface area contributed by atoms with Crippen LogP contribution in [0.2, 0.25) is 0 Å². The fourth-order valence-electron chi connectivity index (χ4n) is 1.86. The Kier molecular flexibility index (Phi) is 5.19. The summed E-state index contributed by atoms with van der Waals surface area (Å²) >= 11 is 6.00. The van der Waals surface area contributed by atoms with Crippen molar-refractivity contribution in [3.8, 4) is 0 Å². The van der Waals surface area contributed by atoms with Crippen LogP contribution >= 0.6 is 11.6 Å². The highest BCUT2D eigenvalue weighted by atomic mass is 35.5. The molecule has 1 aromatic heterocycles. The molecule has 0 aliphatic rings. The van der Waals surface area contributed by atoms with E-state index < -0.39 is 0 Å². The molecule has 0 bridgehead atoms. The molecule has 0 unspecified atom stereocenters. The summed E-state index contributed by atoms with van der Waals surface area (Å²) < 4.78 is 0. The molecule has 0 saturated heterocycles. The third-order valence-corrected chi connectivity index (χ3v) is 3.03. The van der Waals surface area contributed by atoms with Gasteiger partial charge in [-0.15, -0.1) is 11.6 Å². The predicted octanol–water partition coefficient (Wildman–Crippen LogP) is 3.57. The monoisotopic (exact) mass is 255 g/mol. The fourth-order valence-corrected chi connectivity index (χ4v) is 2.05. The third kappa shape index (κ3) is 3.32. The maximum atomic E-state index is 6.00. The van der Waals surface area contributed by atoms with Gasteiger partial charge in [-0.05, 0) is 20.8 Å². The van der Waals surface area contributed by atoms with Gasteiger partial charge in [0.2, 0.25) is 0 Å². The first kappa shape index (κ1) is 14.2. The summed E-state index contributed by atoms with van der Waals surface area (Å²) in [6, 6.07) is 0.426. The average molecular weight is 256 g/mol. The molecular weight excluding hydrogens is 234 g/mol. The van der Waals surface area contributed by atoms with Crippen molar-refractivity contribution >= 4 is 17.3 Å². The number of rotatable bonds is 5. The summed E-state index contributed by atoms with van der Waals surface area (Å²) in [6.07, 6.45) is 1.91. The van der Waals surface area contributed by atoms with Crippen molar-refractivity contribution < 1.29 is 0 Å². The Morgan fingerprint density at radius 2 is 1.94 bits per heavy atom. The van der Waals surface area contributed by atoms with Crippen molar-refractivity contribution in [1.82, 2.24) is 9.97 Å². The van der Waals surface area contributed by atoms with Crippen molar-refractivity contribution in [1.29, 1.82) is 0 Å². The van der Waals surface area contributed by atoms with Gasteiger partial charge in [-0.3, -0.25) is 0 Å². The molecule has 3 nitrogen and oxygen atoms in total. The molecule has 0 N–H and O–H groups in total. The first-order chi connectivity index (χ1) is 8.01. The van der Waals surface area contributed by atoms with Gasteiger partial charge in [-0.1, -0.05) is 13.8 Å². The van der Waals surface area contributed by atoms with E-state index >= 15 is 0 Å². The second-order valence-corrected chi connectivity index (χ2v) is 5.00. The van der Waals surface area contributed by atoms with Gasteiger partial charge >= 0.3 is 0 Å². The van der Waals surface area contributed by atoms with Crippen LogP contribution in [0, 0.1) is 0 Å². The van der Waals surface area contributed by atoms with E-state index in [4.69, 9.17) is 11.6 Å². The second kappa shape index (κ2) is 6.20. The minimum absolute atomic E-state index is 0.333. The quantitative estimate of drug-likeness (QED) is 0.754. The lowest BCUT2D eigenvalue weighted by Gasteiger charge is -2.28. The Morgan fingerprint density at radius 1 is 1.29 bits per heavy atom. The molecule has 1 rings (SSSR count). The smallest absolute Gasteiger partial charge is 0.131 e. The standard InChI is InChI=1S/C13H22ClN3/c1-6-17(10(4)5)12-8-15-13(9(2)3)16-11(12)7-14/h8-10H,6-7H2,1-5H3. The van der Waals surface area contributed by atoms with Gasteiger partial charge in [-0.25, -0.2) is 9.97 Å². The van der Waals surface area contributed by atoms with E-state index in [0.717, 1.165) is 23.8 Å². The maximum Gasteiger partial charge on any atom is 0.131 e. The lowest BCUT2D eigenvalue weighted by atomic mass is 10.2. The highest BCUT2D eigenvalue weighted by molar-refractivity contribution is 6.17. The Balaban J connectivity index is 3.15. The van der Waals surface area contributed by atoms with E-state index in [2.05, 4.69) is 49.5 Å². The van der Waals surface area contributed by atoms with Gasteiger partial charge in [0.05, 0.1) is 23.5 Å². The second-order valence-electron chi connectivity index (χ2n) is 4.73. The van der Waals surface area contributed by atoms with E-state index in [1.165, 1.54) is 0 Å². The van der Waals surface area contributed by atoms with Crippen molar-refractivity contribution in [3.63, 3.8) is 0 Å². The Morgan fingerprint density at radius 3 is 2.35 bits per heavy atom. The SMILES string of the molecule is CCN(c1cnc(C(C)C)nc1CCl)C(C)C. The molecule has 17 heavy (non-hydrogen) atoms. The lowest BCUT2D eigenvalue weighted by molar-refractivity contribution is 0.688. The fraction of sp³-hybridized carbons (Fsp3) is 0.692. The van der Waals surface area contributed by atoms with Gasteiger partial charge in [0.25, 0.3) is 0 Å². The number of aromatic nitrogens is 2. The number of hydrogen-bond acceptors (Lipinski definition) is 3. The molecule has 0 aromatic carbocycles. The van der Waals surface area contributed by atoms with Crippen molar-refractivity contribution in [2.45, 2.75) is 52.5 Å². The Hall–Kier alpha value is -0.830. The molecule has 0 atom stereocenters. The van der Waals surface area contributed by atoms with Crippen LogP contribution in [0.15, 0.2) is 6.20 Å². The zero-order valence-corrected chi connectivity index (χ0v) is 12.1. The maximum absolute atomic E-state index is 6.00. The zero-order chi connectivity index (χ0) is 13.0. The van der Waals surface area contributed by atoms with Crippen LogP contribution in [0.1, 0.15) is 52.1 Å². The van der Waals surface area contributed by atoms with E-state index in [-0.39, 0.29) is 0 Å². The zero-order valence-electron chi connectivity index (χ0n) is 11.4. The number of alkyl halides is 1. The summed E-state index contributed by atoms with van der Waals surface area (Å²) in [5.74, 6) is 1.63. The summed E-state index contributed by atoms with van der Waals surface area (Å²) in [4.78, 5) is 11.2. The summed E-state index contributed by atoms with van der Waals surface area (Å²) in [5, 5.41) is 0. The normalized spacial score (nSPS) is 11.3. The molecule has 0 aliphatic heterocycles. The van der Waals surface area contributed by atoms with Gasteiger partial charge in [0, 0.05) is 18.5 Å². The van der Waals surface area contributed by atoms with Crippen molar-refractivity contribution in [2.24, 2.45) is 0 Å². The van der Waals surface area contributed by atoms with Crippen LogP contribution in [-0.4, -0.2) is 22.6 Å². The predicted molar refractivity (Wildman–Crippen MR) is 73.8 cm³/mol. The molecule has 0 aliphatic carbocycles. The average Bonchev–Trinajstić information content (AvgIpc) is 2.29. The molecule has 1 aromatic rings. The summed E-state index contributed by atoms with van der Waals surface area (Å²) in [7, 11) is 0. The van der Waals surface area contributed by atoms with Crippen LogP contribution in [0.3, 0.4) is 0 Å². The van der Waals surface area contributed by atoms with Gasteiger partial charge in [0.1, 0.15) is 5.82 Å². The van der Waals surface area contributed by atoms with Crippen LogP contribution in [-0.2, 0) is 5.88 Å². The van der Waals surface area contributed by atoms with Gasteiger partial charge in [-0.2, -0.15) is 0 Å². The van der Waals surface area contributed by atoms with E-state index in [1.807, 2.05) is 6.20 Å². The number of nitrogens with zero attached hydrogens (tertiary/aromatic N) is 3. The molecule has 0 radical (unpaired) electrons. The molecule has 0 amide bonds. The van der Waals surface area contributed by atoms with Gasteiger partial charge in [0.15, 0.2) is 0 Å².